The Hall–Kier alpha value is -2.44. The highest BCUT2D eigenvalue weighted by Crippen LogP contribution is 2.32. The number of carbonyl (C=O) groups is 1. The van der Waals surface area contributed by atoms with E-state index in [0.29, 0.717) is 33.5 Å². The van der Waals surface area contributed by atoms with Crippen LogP contribution in [0.4, 0.5) is 11.4 Å². The average Bonchev–Trinajstić information content (AvgIpc) is 3.05. The number of nitrogen functional groups attached to an aromatic ring is 1. The zero-order chi connectivity index (χ0) is 18.0. The van der Waals surface area contributed by atoms with E-state index in [0.717, 1.165) is 4.47 Å². The fourth-order valence-corrected chi connectivity index (χ4v) is 3.07. The van der Waals surface area contributed by atoms with Crippen LogP contribution < -0.4 is 15.8 Å². The van der Waals surface area contributed by atoms with Gasteiger partial charge in [0, 0.05) is 15.7 Å². The molecule has 128 valence electrons. The standard InChI is InChI=1S/C18H14BrClN2O3/c1-24-16-5-3-11(21)9-14(16)22-18(23)17-7-6-15(25-17)12-4-2-10(19)8-13(12)20/h2-9H,21H2,1H3,(H,22,23). The Kier molecular flexibility index (Phi) is 5.01. The van der Waals surface area contributed by atoms with Crippen molar-refractivity contribution >= 4 is 44.8 Å². The quantitative estimate of drug-likeness (QED) is 0.567. The molecule has 0 radical (unpaired) electrons. The Morgan fingerprint density at radius 2 is 2.00 bits per heavy atom. The minimum Gasteiger partial charge on any atom is -0.495 e. The van der Waals surface area contributed by atoms with E-state index in [1.165, 1.54) is 7.11 Å². The lowest BCUT2D eigenvalue weighted by Crippen LogP contribution is -2.12. The van der Waals surface area contributed by atoms with E-state index in [2.05, 4.69) is 21.2 Å². The Balaban J connectivity index is 1.85. The van der Waals surface area contributed by atoms with Gasteiger partial charge in [-0.2, -0.15) is 0 Å². The third-order valence-electron chi connectivity index (χ3n) is 3.50. The van der Waals surface area contributed by atoms with Crippen molar-refractivity contribution in [2.75, 3.05) is 18.2 Å². The van der Waals surface area contributed by atoms with Crippen LogP contribution in [0, 0.1) is 0 Å². The summed E-state index contributed by atoms with van der Waals surface area (Å²) in [5.41, 5.74) is 7.43. The third kappa shape index (κ3) is 3.81. The summed E-state index contributed by atoms with van der Waals surface area (Å²) in [6, 6.07) is 13.7. The first-order chi connectivity index (χ1) is 12.0. The van der Waals surface area contributed by atoms with Crippen LogP contribution in [0.25, 0.3) is 11.3 Å². The van der Waals surface area contributed by atoms with Crippen molar-refractivity contribution in [1.82, 2.24) is 0 Å². The van der Waals surface area contributed by atoms with Gasteiger partial charge in [-0.25, -0.2) is 0 Å². The van der Waals surface area contributed by atoms with Crippen molar-refractivity contribution in [1.29, 1.82) is 0 Å². The van der Waals surface area contributed by atoms with Crippen molar-refractivity contribution in [2.24, 2.45) is 0 Å². The van der Waals surface area contributed by atoms with E-state index < -0.39 is 5.91 Å². The molecule has 1 aromatic heterocycles. The summed E-state index contributed by atoms with van der Waals surface area (Å²) in [7, 11) is 1.52. The second-order valence-corrected chi connectivity index (χ2v) is 6.52. The first-order valence-electron chi connectivity index (χ1n) is 7.28. The fourth-order valence-electron chi connectivity index (χ4n) is 2.30. The molecule has 0 aliphatic rings. The molecule has 1 amide bonds. The number of furan rings is 1. The van der Waals surface area contributed by atoms with Crippen molar-refractivity contribution in [3.05, 3.63) is 63.8 Å². The van der Waals surface area contributed by atoms with E-state index in [4.69, 9.17) is 26.5 Å². The molecule has 7 heteroatoms. The molecular formula is C18H14BrClN2O3. The zero-order valence-electron chi connectivity index (χ0n) is 13.2. The van der Waals surface area contributed by atoms with Crippen molar-refractivity contribution in [3.8, 4) is 17.1 Å². The predicted molar refractivity (Wildman–Crippen MR) is 102 cm³/mol. The zero-order valence-corrected chi connectivity index (χ0v) is 15.5. The number of nitrogens with two attached hydrogens (primary N) is 1. The molecule has 3 N–H and O–H groups in total. The smallest absolute Gasteiger partial charge is 0.291 e. The van der Waals surface area contributed by atoms with E-state index in [1.54, 1.807) is 36.4 Å². The molecule has 25 heavy (non-hydrogen) atoms. The summed E-state index contributed by atoms with van der Waals surface area (Å²) in [4.78, 5) is 12.4. The number of benzene rings is 2. The highest BCUT2D eigenvalue weighted by atomic mass is 79.9. The van der Waals surface area contributed by atoms with Gasteiger partial charge in [0.2, 0.25) is 0 Å². The molecule has 0 aliphatic heterocycles. The number of nitrogens with one attached hydrogen (secondary N) is 1. The number of halogens is 2. The molecule has 0 unspecified atom stereocenters. The Morgan fingerprint density at radius 3 is 2.72 bits per heavy atom. The molecule has 0 atom stereocenters. The Bertz CT molecular complexity index is 940. The molecule has 0 spiro atoms. The van der Waals surface area contributed by atoms with Crippen LogP contribution in [-0.4, -0.2) is 13.0 Å². The largest absolute Gasteiger partial charge is 0.495 e. The maximum absolute atomic E-state index is 12.4. The molecule has 5 nitrogen and oxygen atoms in total. The van der Waals surface area contributed by atoms with Gasteiger partial charge in [-0.1, -0.05) is 27.5 Å². The van der Waals surface area contributed by atoms with Crippen molar-refractivity contribution in [3.63, 3.8) is 0 Å². The Labute approximate surface area is 157 Å². The summed E-state index contributed by atoms with van der Waals surface area (Å²) >= 11 is 9.57. The topological polar surface area (TPSA) is 77.5 Å². The number of carbonyl (C=O) groups excluding carboxylic acids is 1. The van der Waals surface area contributed by atoms with Crippen LogP contribution in [0.2, 0.25) is 5.02 Å². The molecule has 1 heterocycles. The first-order valence-corrected chi connectivity index (χ1v) is 8.45. The molecule has 0 fully saturated rings. The van der Waals surface area contributed by atoms with E-state index in [1.807, 2.05) is 12.1 Å². The summed E-state index contributed by atoms with van der Waals surface area (Å²) in [5, 5.41) is 3.25. The lowest BCUT2D eigenvalue weighted by molar-refractivity contribution is 0.0997. The minimum atomic E-state index is -0.414. The SMILES string of the molecule is COc1ccc(N)cc1NC(=O)c1ccc(-c2ccc(Br)cc2Cl)o1. The van der Waals surface area contributed by atoms with Gasteiger partial charge in [0.1, 0.15) is 11.5 Å². The molecule has 2 aromatic carbocycles. The number of hydrogen-bond donors (Lipinski definition) is 2. The maximum Gasteiger partial charge on any atom is 0.291 e. The lowest BCUT2D eigenvalue weighted by atomic mass is 10.2. The van der Waals surface area contributed by atoms with Crippen LogP contribution >= 0.6 is 27.5 Å². The maximum atomic E-state index is 12.4. The number of methoxy groups -OCH3 is 1. The van der Waals surface area contributed by atoms with Crippen molar-refractivity contribution < 1.29 is 13.9 Å². The normalized spacial score (nSPS) is 10.5. The summed E-state index contributed by atoms with van der Waals surface area (Å²) < 4.78 is 11.7. The molecule has 0 aliphatic carbocycles. The number of hydrogen-bond acceptors (Lipinski definition) is 4. The predicted octanol–water partition coefficient (Wildman–Crippen LogP) is 5.21. The lowest BCUT2D eigenvalue weighted by Gasteiger charge is -2.10. The van der Waals surface area contributed by atoms with E-state index in [9.17, 15) is 4.79 Å². The van der Waals surface area contributed by atoms with Crippen LogP contribution in [0.1, 0.15) is 10.6 Å². The molecule has 0 saturated heterocycles. The van der Waals surface area contributed by atoms with E-state index in [-0.39, 0.29) is 5.76 Å². The van der Waals surface area contributed by atoms with Gasteiger partial charge in [-0.15, -0.1) is 0 Å². The molecule has 0 saturated carbocycles. The number of anilines is 2. The third-order valence-corrected chi connectivity index (χ3v) is 4.30. The monoisotopic (exact) mass is 420 g/mol. The van der Waals surface area contributed by atoms with Gasteiger partial charge >= 0.3 is 0 Å². The van der Waals surface area contributed by atoms with Crippen molar-refractivity contribution in [2.45, 2.75) is 0 Å². The van der Waals surface area contributed by atoms with Gasteiger partial charge in [0.25, 0.3) is 5.91 Å². The van der Waals surface area contributed by atoms with Gasteiger partial charge in [-0.3, -0.25) is 4.79 Å². The second-order valence-electron chi connectivity index (χ2n) is 5.20. The molecular weight excluding hydrogens is 408 g/mol. The summed E-state index contributed by atoms with van der Waals surface area (Å²) in [6.07, 6.45) is 0. The van der Waals surface area contributed by atoms with Gasteiger partial charge in [-0.05, 0) is 48.5 Å². The molecule has 3 rings (SSSR count). The average molecular weight is 422 g/mol. The van der Waals surface area contributed by atoms with Gasteiger partial charge in [0.05, 0.1) is 17.8 Å². The summed E-state index contributed by atoms with van der Waals surface area (Å²) in [6.45, 7) is 0. The van der Waals surface area contributed by atoms with Gasteiger partial charge < -0.3 is 20.2 Å². The van der Waals surface area contributed by atoms with Crippen LogP contribution in [0.15, 0.2) is 57.4 Å². The second kappa shape index (κ2) is 7.21. The highest BCUT2D eigenvalue weighted by molar-refractivity contribution is 9.10. The van der Waals surface area contributed by atoms with E-state index >= 15 is 0 Å². The highest BCUT2D eigenvalue weighted by Gasteiger charge is 2.16. The van der Waals surface area contributed by atoms with Crippen LogP contribution in [0.5, 0.6) is 5.75 Å². The molecule has 3 aromatic rings. The minimum absolute atomic E-state index is 0.151. The van der Waals surface area contributed by atoms with Crippen LogP contribution in [-0.2, 0) is 0 Å². The summed E-state index contributed by atoms with van der Waals surface area (Å²) in [5.74, 6) is 0.745. The number of rotatable bonds is 4. The number of ether oxygens (including phenoxy) is 1. The number of amides is 1. The van der Waals surface area contributed by atoms with Gasteiger partial charge in [0.15, 0.2) is 5.76 Å². The van der Waals surface area contributed by atoms with Crippen LogP contribution in [0.3, 0.4) is 0 Å². The molecule has 0 bridgehead atoms. The fraction of sp³-hybridized carbons (Fsp3) is 0.0556. The first kappa shape index (κ1) is 17.4. The Morgan fingerprint density at radius 1 is 1.20 bits per heavy atom.